The third-order valence-corrected chi connectivity index (χ3v) is 2.09. The number of nitrogens with zero attached hydrogens (tertiary/aromatic N) is 1. The molecule has 0 bridgehead atoms. The number of hydrogen-bond donors (Lipinski definition) is 1. The maximum atomic E-state index is 10.8. The highest BCUT2D eigenvalue weighted by atomic mass is 16.5. The minimum atomic E-state index is -0.448. The van der Waals surface area contributed by atoms with Gasteiger partial charge < -0.3 is 15.0 Å². The van der Waals surface area contributed by atoms with E-state index in [1.54, 1.807) is 25.3 Å². The maximum Gasteiger partial charge on any atom is 0.223 e. The predicted octanol–water partition coefficient (Wildman–Crippen LogP) is 0.864. The fraction of sp³-hybridized carbons (Fsp3) is 0.200. The SMILES string of the molecule is COc1cccc2onc(CC(N)=O)c12. The largest absolute Gasteiger partial charge is 0.496 e. The second kappa shape index (κ2) is 3.61. The lowest BCUT2D eigenvalue weighted by Crippen LogP contribution is -2.14. The molecule has 0 fully saturated rings. The zero-order chi connectivity index (χ0) is 10.8. The second-order valence-corrected chi connectivity index (χ2v) is 3.11. The van der Waals surface area contributed by atoms with Crippen molar-refractivity contribution in [2.75, 3.05) is 7.11 Å². The summed E-state index contributed by atoms with van der Waals surface area (Å²) in [5.41, 5.74) is 6.20. The van der Waals surface area contributed by atoms with Crippen molar-refractivity contribution in [2.24, 2.45) is 5.73 Å². The zero-order valence-electron chi connectivity index (χ0n) is 8.19. The highest BCUT2D eigenvalue weighted by Crippen LogP contribution is 2.28. The van der Waals surface area contributed by atoms with Gasteiger partial charge in [0, 0.05) is 0 Å². The van der Waals surface area contributed by atoms with Gasteiger partial charge in [-0.1, -0.05) is 11.2 Å². The fourth-order valence-corrected chi connectivity index (χ4v) is 1.48. The topological polar surface area (TPSA) is 78.3 Å². The molecular weight excluding hydrogens is 196 g/mol. The summed E-state index contributed by atoms with van der Waals surface area (Å²) < 4.78 is 10.2. The van der Waals surface area contributed by atoms with Crippen molar-refractivity contribution in [3.05, 3.63) is 23.9 Å². The van der Waals surface area contributed by atoms with Gasteiger partial charge in [-0.25, -0.2) is 0 Å². The van der Waals surface area contributed by atoms with Crippen LogP contribution in [-0.4, -0.2) is 18.2 Å². The van der Waals surface area contributed by atoms with Gasteiger partial charge in [0.15, 0.2) is 5.58 Å². The van der Waals surface area contributed by atoms with E-state index in [4.69, 9.17) is 15.0 Å². The number of carbonyl (C=O) groups excluding carboxylic acids is 1. The number of amides is 1. The molecule has 1 aromatic heterocycles. The second-order valence-electron chi connectivity index (χ2n) is 3.11. The van der Waals surface area contributed by atoms with E-state index in [1.165, 1.54) is 0 Å². The van der Waals surface area contributed by atoms with E-state index >= 15 is 0 Å². The molecule has 15 heavy (non-hydrogen) atoms. The molecule has 0 radical (unpaired) electrons. The number of nitrogens with two attached hydrogens (primary N) is 1. The molecule has 0 aliphatic heterocycles. The molecule has 2 aromatic rings. The highest BCUT2D eigenvalue weighted by molar-refractivity contribution is 5.89. The number of carbonyl (C=O) groups is 1. The summed E-state index contributed by atoms with van der Waals surface area (Å²) in [6.07, 6.45) is 0.0490. The number of benzene rings is 1. The van der Waals surface area contributed by atoms with Gasteiger partial charge in [0.05, 0.1) is 18.9 Å². The van der Waals surface area contributed by atoms with E-state index in [-0.39, 0.29) is 6.42 Å². The minimum absolute atomic E-state index is 0.0490. The van der Waals surface area contributed by atoms with Gasteiger partial charge in [-0.05, 0) is 12.1 Å². The van der Waals surface area contributed by atoms with Crippen molar-refractivity contribution in [1.29, 1.82) is 0 Å². The van der Waals surface area contributed by atoms with Crippen molar-refractivity contribution in [2.45, 2.75) is 6.42 Å². The van der Waals surface area contributed by atoms with Gasteiger partial charge in [0.2, 0.25) is 5.91 Å². The number of fused-ring (bicyclic) bond motifs is 1. The maximum absolute atomic E-state index is 10.8. The summed E-state index contributed by atoms with van der Waals surface area (Å²) in [6, 6.07) is 5.33. The molecule has 5 nitrogen and oxygen atoms in total. The summed E-state index contributed by atoms with van der Waals surface area (Å²) in [5, 5.41) is 4.50. The van der Waals surface area contributed by atoms with Crippen molar-refractivity contribution >= 4 is 16.9 Å². The smallest absolute Gasteiger partial charge is 0.223 e. The van der Waals surface area contributed by atoms with Crippen LogP contribution in [0, 0.1) is 0 Å². The number of ether oxygens (including phenoxy) is 1. The first-order chi connectivity index (χ1) is 7.22. The summed E-state index contributed by atoms with van der Waals surface area (Å²) in [7, 11) is 1.55. The van der Waals surface area contributed by atoms with E-state index in [0.717, 1.165) is 0 Å². The predicted molar refractivity (Wildman–Crippen MR) is 53.5 cm³/mol. The Kier molecular flexibility index (Phi) is 2.29. The van der Waals surface area contributed by atoms with E-state index in [2.05, 4.69) is 5.16 Å². The molecule has 0 atom stereocenters. The first-order valence-electron chi connectivity index (χ1n) is 4.42. The highest BCUT2D eigenvalue weighted by Gasteiger charge is 2.14. The minimum Gasteiger partial charge on any atom is -0.496 e. The molecule has 1 aromatic carbocycles. The van der Waals surface area contributed by atoms with Crippen molar-refractivity contribution in [3.8, 4) is 5.75 Å². The Labute approximate surface area is 85.8 Å². The third kappa shape index (κ3) is 1.63. The van der Waals surface area contributed by atoms with E-state index < -0.39 is 5.91 Å². The number of rotatable bonds is 3. The summed E-state index contributed by atoms with van der Waals surface area (Å²) in [4.78, 5) is 10.8. The van der Waals surface area contributed by atoms with Gasteiger partial charge in [-0.15, -0.1) is 0 Å². The normalized spacial score (nSPS) is 10.5. The van der Waals surface area contributed by atoms with Crippen LogP contribution in [0.4, 0.5) is 0 Å². The van der Waals surface area contributed by atoms with Crippen LogP contribution in [0.1, 0.15) is 5.69 Å². The molecule has 0 saturated heterocycles. The standard InChI is InChI=1S/C10H10N2O3/c1-14-7-3-2-4-8-10(7)6(12-15-8)5-9(11)13/h2-4H,5H2,1H3,(H2,11,13). The van der Waals surface area contributed by atoms with Crippen molar-refractivity contribution in [3.63, 3.8) is 0 Å². The van der Waals surface area contributed by atoms with Crippen LogP contribution in [-0.2, 0) is 11.2 Å². The Morgan fingerprint density at radius 3 is 3.07 bits per heavy atom. The molecule has 0 aliphatic carbocycles. The van der Waals surface area contributed by atoms with Gasteiger partial charge in [-0.3, -0.25) is 4.79 Å². The lowest BCUT2D eigenvalue weighted by Gasteiger charge is -2.00. The van der Waals surface area contributed by atoms with E-state index in [9.17, 15) is 4.79 Å². The molecule has 0 spiro atoms. The van der Waals surface area contributed by atoms with Crippen LogP contribution in [0.2, 0.25) is 0 Å². The van der Waals surface area contributed by atoms with Crippen LogP contribution in [0.15, 0.2) is 22.7 Å². The number of hydrogen-bond acceptors (Lipinski definition) is 4. The van der Waals surface area contributed by atoms with Crippen molar-refractivity contribution < 1.29 is 14.1 Å². The van der Waals surface area contributed by atoms with Crippen LogP contribution < -0.4 is 10.5 Å². The number of methoxy groups -OCH3 is 1. The van der Waals surface area contributed by atoms with Gasteiger partial charge in [0.1, 0.15) is 11.4 Å². The molecule has 0 unspecified atom stereocenters. The number of aromatic nitrogens is 1. The average molecular weight is 206 g/mol. The lowest BCUT2D eigenvalue weighted by molar-refractivity contribution is -0.117. The average Bonchev–Trinajstić information content (AvgIpc) is 2.61. The quantitative estimate of drug-likeness (QED) is 0.807. The lowest BCUT2D eigenvalue weighted by atomic mass is 10.1. The Hall–Kier alpha value is -2.04. The first kappa shape index (κ1) is 9.51. The molecule has 1 heterocycles. The monoisotopic (exact) mass is 206 g/mol. The molecule has 1 amide bonds. The molecule has 2 N–H and O–H groups in total. The Morgan fingerprint density at radius 1 is 1.60 bits per heavy atom. The summed E-state index contributed by atoms with van der Waals surface area (Å²) >= 11 is 0. The van der Waals surface area contributed by atoms with Crippen molar-refractivity contribution in [1.82, 2.24) is 5.16 Å². The fourth-order valence-electron chi connectivity index (χ4n) is 1.48. The van der Waals surface area contributed by atoms with Gasteiger partial charge in [-0.2, -0.15) is 0 Å². The zero-order valence-corrected chi connectivity index (χ0v) is 8.19. The molecule has 0 aliphatic rings. The Bertz CT molecular complexity index is 504. The van der Waals surface area contributed by atoms with Gasteiger partial charge in [0.25, 0.3) is 0 Å². The Morgan fingerprint density at radius 2 is 2.40 bits per heavy atom. The van der Waals surface area contributed by atoms with E-state index in [0.29, 0.717) is 22.4 Å². The number of primary amides is 1. The van der Waals surface area contributed by atoms with Gasteiger partial charge >= 0.3 is 0 Å². The third-order valence-electron chi connectivity index (χ3n) is 2.09. The molecule has 5 heteroatoms. The Balaban J connectivity index is 2.60. The van der Waals surface area contributed by atoms with Crippen LogP contribution in [0.3, 0.4) is 0 Å². The molecule has 78 valence electrons. The van der Waals surface area contributed by atoms with E-state index in [1.807, 2.05) is 0 Å². The molecule has 2 rings (SSSR count). The van der Waals surface area contributed by atoms with Crippen LogP contribution >= 0.6 is 0 Å². The van der Waals surface area contributed by atoms with Crippen LogP contribution in [0.5, 0.6) is 5.75 Å². The van der Waals surface area contributed by atoms with Crippen LogP contribution in [0.25, 0.3) is 11.0 Å². The first-order valence-corrected chi connectivity index (χ1v) is 4.42. The molecule has 0 saturated carbocycles. The summed E-state index contributed by atoms with van der Waals surface area (Å²) in [5.74, 6) is 0.182. The molecular formula is C10H10N2O3. The summed E-state index contributed by atoms with van der Waals surface area (Å²) in [6.45, 7) is 0.